The highest BCUT2D eigenvalue weighted by Crippen LogP contribution is 2.45. The summed E-state index contributed by atoms with van der Waals surface area (Å²) in [5, 5.41) is 3.26. The molecule has 0 bridgehead atoms. The SMILES string of the molecule is Cc1ncc(-c2cc3cccc(-c4nc(C5CC5)n5c4CN(C)C(=O)[C@@H]5C)c3cn2)s1. The zero-order valence-electron chi connectivity index (χ0n) is 17.8. The van der Waals surface area contributed by atoms with E-state index in [1.54, 1.807) is 11.3 Å². The van der Waals surface area contributed by atoms with Crippen LogP contribution in [0.5, 0.6) is 0 Å². The molecule has 0 spiro atoms. The second-order valence-corrected chi connectivity index (χ2v) is 9.85. The number of hydrogen-bond donors (Lipinski definition) is 0. The van der Waals surface area contributed by atoms with Crippen molar-refractivity contribution in [1.82, 2.24) is 24.4 Å². The van der Waals surface area contributed by atoms with Crippen LogP contribution in [0.3, 0.4) is 0 Å². The van der Waals surface area contributed by atoms with Crippen LogP contribution in [-0.2, 0) is 11.3 Å². The fourth-order valence-electron chi connectivity index (χ4n) is 4.64. The molecule has 4 heterocycles. The molecule has 2 aliphatic rings. The quantitative estimate of drug-likeness (QED) is 0.463. The van der Waals surface area contributed by atoms with Crippen molar-refractivity contribution in [2.45, 2.75) is 45.2 Å². The van der Waals surface area contributed by atoms with Crippen LogP contribution in [0.4, 0.5) is 0 Å². The Bertz CT molecular complexity index is 1350. The molecule has 0 radical (unpaired) electrons. The van der Waals surface area contributed by atoms with Crippen molar-refractivity contribution in [1.29, 1.82) is 0 Å². The van der Waals surface area contributed by atoms with Gasteiger partial charge in [-0.2, -0.15) is 0 Å². The third kappa shape index (κ3) is 2.91. The fraction of sp³-hybridized carbons (Fsp3) is 0.333. The zero-order chi connectivity index (χ0) is 21.3. The molecule has 6 nitrogen and oxygen atoms in total. The molecule has 31 heavy (non-hydrogen) atoms. The molecule has 1 aliphatic heterocycles. The molecule has 6 rings (SSSR count). The van der Waals surface area contributed by atoms with Gasteiger partial charge in [-0.25, -0.2) is 9.97 Å². The molecule has 0 unspecified atom stereocenters. The number of rotatable bonds is 3. The molecule has 1 aromatic carbocycles. The van der Waals surface area contributed by atoms with E-state index in [9.17, 15) is 4.79 Å². The number of aryl methyl sites for hydroxylation is 1. The smallest absolute Gasteiger partial charge is 0.245 e. The first-order valence-electron chi connectivity index (χ1n) is 10.7. The largest absolute Gasteiger partial charge is 0.338 e. The maximum absolute atomic E-state index is 12.7. The van der Waals surface area contributed by atoms with Crippen LogP contribution >= 0.6 is 11.3 Å². The summed E-state index contributed by atoms with van der Waals surface area (Å²) in [4.78, 5) is 29.8. The van der Waals surface area contributed by atoms with Gasteiger partial charge in [-0.05, 0) is 38.1 Å². The minimum absolute atomic E-state index is 0.155. The van der Waals surface area contributed by atoms with Gasteiger partial charge in [-0.15, -0.1) is 11.3 Å². The lowest BCUT2D eigenvalue weighted by Crippen LogP contribution is -2.39. The van der Waals surface area contributed by atoms with Crippen molar-refractivity contribution in [3.63, 3.8) is 0 Å². The number of benzene rings is 1. The maximum Gasteiger partial charge on any atom is 0.245 e. The van der Waals surface area contributed by atoms with E-state index < -0.39 is 0 Å². The van der Waals surface area contributed by atoms with Gasteiger partial charge in [-0.1, -0.05) is 18.2 Å². The summed E-state index contributed by atoms with van der Waals surface area (Å²) in [7, 11) is 1.88. The highest BCUT2D eigenvalue weighted by atomic mass is 32.1. The zero-order valence-corrected chi connectivity index (χ0v) is 18.6. The van der Waals surface area contributed by atoms with Crippen molar-refractivity contribution in [2.24, 2.45) is 0 Å². The Kier molecular flexibility index (Phi) is 4.05. The van der Waals surface area contributed by atoms with Gasteiger partial charge in [0.25, 0.3) is 0 Å². The predicted molar refractivity (Wildman–Crippen MR) is 122 cm³/mol. The number of carbonyl (C=O) groups excluding carboxylic acids is 1. The van der Waals surface area contributed by atoms with Gasteiger partial charge in [0.05, 0.1) is 33.5 Å². The van der Waals surface area contributed by atoms with Crippen molar-refractivity contribution < 1.29 is 4.79 Å². The Balaban J connectivity index is 1.53. The molecule has 156 valence electrons. The summed E-state index contributed by atoms with van der Waals surface area (Å²) in [6, 6.07) is 8.26. The Morgan fingerprint density at radius 3 is 2.74 bits per heavy atom. The average molecular weight is 430 g/mol. The number of fused-ring (bicyclic) bond motifs is 2. The fourth-order valence-corrected chi connectivity index (χ4v) is 5.38. The molecule has 1 saturated carbocycles. The first kappa shape index (κ1) is 18.7. The average Bonchev–Trinajstić information content (AvgIpc) is 3.42. The van der Waals surface area contributed by atoms with E-state index in [4.69, 9.17) is 9.97 Å². The summed E-state index contributed by atoms with van der Waals surface area (Å²) in [6.07, 6.45) is 6.15. The molecule has 0 N–H and O–H groups in total. The summed E-state index contributed by atoms with van der Waals surface area (Å²) in [5.41, 5.74) is 4.15. The maximum atomic E-state index is 12.7. The van der Waals surface area contributed by atoms with Crippen LogP contribution in [0.2, 0.25) is 0 Å². The van der Waals surface area contributed by atoms with E-state index in [0.717, 1.165) is 62.0 Å². The van der Waals surface area contributed by atoms with E-state index in [1.165, 1.54) is 0 Å². The second-order valence-electron chi connectivity index (χ2n) is 8.62. The first-order chi connectivity index (χ1) is 15.0. The van der Waals surface area contributed by atoms with Crippen LogP contribution in [0.15, 0.2) is 36.7 Å². The minimum atomic E-state index is -0.208. The molecular weight excluding hydrogens is 406 g/mol. The van der Waals surface area contributed by atoms with E-state index in [1.807, 2.05) is 38.2 Å². The second kappa shape index (κ2) is 6.72. The lowest BCUT2D eigenvalue weighted by molar-refractivity contribution is -0.135. The van der Waals surface area contributed by atoms with Crippen LogP contribution < -0.4 is 0 Å². The normalized spacial score (nSPS) is 18.6. The van der Waals surface area contributed by atoms with Gasteiger partial charge < -0.3 is 9.47 Å². The lowest BCUT2D eigenvalue weighted by Gasteiger charge is -2.31. The highest BCUT2D eigenvalue weighted by Gasteiger charge is 2.38. The number of aromatic nitrogens is 4. The van der Waals surface area contributed by atoms with Crippen LogP contribution in [0.25, 0.3) is 32.6 Å². The third-order valence-corrected chi connectivity index (χ3v) is 7.32. The minimum Gasteiger partial charge on any atom is -0.338 e. The van der Waals surface area contributed by atoms with E-state index in [2.05, 4.69) is 33.8 Å². The topological polar surface area (TPSA) is 63.9 Å². The van der Waals surface area contributed by atoms with Gasteiger partial charge in [0.1, 0.15) is 11.9 Å². The number of hydrogen-bond acceptors (Lipinski definition) is 5. The monoisotopic (exact) mass is 429 g/mol. The Hall–Kier alpha value is -3.06. The van der Waals surface area contributed by atoms with E-state index in [-0.39, 0.29) is 11.9 Å². The molecule has 1 amide bonds. The van der Waals surface area contributed by atoms with E-state index in [0.29, 0.717) is 12.5 Å². The summed E-state index contributed by atoms with van der Waals surface area (Å²) >= 11 is 1.66. The summed E-state index contributed by atoms with van der Waals surface area (Å²) in [6.45, 7) is 4.59. The van der Waals surface area contributed by atoms with Crippen LogP contribution in [-0.4, -0.2) is 37.4 Å². The summed E-state index contributed by atoms with van der Waals surface area (Å²) in [5.74, 6) is 1.70. The van der Waals surface area contributed by atoms with Gasteiger partial charge in [-0.3, -0.25) is 9.78 Å². The molecule has 1 atom stereocenters. The molecule has 0 saturated heterocycles. The number of thiazole rings is 1. The summed E-state index contributed by atoms with van der Waals surface area (Å²) < 4.78 is 2.20. The van der Waals surface area contributed by atoms with Gasteiger partial charge in [0, 0.05) is 36.3 Å². The first-order valence-corrected chi connectivity index (χ1v) is 11.5. The molecule has 4 aromatic rings. The van der Waals surface area contributed by atoms with Crippen LogP contribution in [0, 0.1) is 6.92 Å². The standard InChI is InChI=1S/C24H23N5OS/c1-13-24(30)28(3)12-20-22(27-23(29(13)20)15-7-8-15)17-6-4-5-16-9-19(26-10-18(16)17)21-11-25-14(2)31-21/h4-6,9-11,13,15H,7-8,12H2,1-3H3/t13-/m0/s1. The molecule has 7 heteroatoms. The number of imidazole rings is 1. The molecular formula is C24H23N5OS. The number of likely N-dealkylation sites (N-methyl/N-ethyl adjacent to an activating group) is 1. The molecule has 1 aliphatic carbocycles. The number of amides is 1. The van der Waals surface area contributed by atoms with Crippen molar-refractivity contribution in [2.75, 3.05) is 7.05 Å². The van der Waals surface area contributed by atoms with Gasteiger partial charge >= 0.3 is 0 Å². The van der Waals surface area contributed by atoms with Gasteiger partial charge in [0.15, 0.2) is 0 Å². The Morgan fingerprint density at radius 1 is 1.16 bits per heavy atom. The number of carbonyl (C=O) groups is 1. The third-order valence-electron chi connectivity index (χ3n) is 6.38. The Labute approximate surface area is 184 Å². The number of pyridine rings is 1. The highest BCUT2D eigenvalue weighted by molar-refractivity contribution is 7.15. The van der Waals surface area contributed by atoms with Crippen molar-refractivity contribution in [3.8, 4) is 21.8 Å². The predicted octanol–water partition coefficient (Wildman–Crippen LogP) is 4.94. The Morgan fingerprint density at radius 2 is 2.00 bits per heavy atom. The van der Waals surface area contributed by atoms with Crippen molar-refractivity contribution in [3.05, 3.63) is 53.2 Å². The van der Waals surface area contributed by atoms with Crippen molar-refractivity contribution >= 4 is 28.0 Å². The van der Waals surface area contributed by atoms with E-state index >= 15 is 0 Å². The van der Waals surface area contributed by atoms with Gasteiger partial charge in [0.2, 0.25) is 5.91 Å². The molecule has 3 aromatic heterocycles. The number of nitrogens with zero attached hydrogens (tertiary/aromatic N) is 5. The van der Waals surface area contributed by atoms with Crippen LogP contribution in [0.1, 0.15) is 48.3 Å². The lowest BCUT2D eigenvalue weighted by atomic mass is 10.0. The molecule has 1 fully saturated rings.